The van der Waals surface area contributed by atoms with Crippen LogP contribution in [0.25, 0.3) is 0 Å². The Morgan fingerprint density at radius 2 is 2.05 bits per heavy atom. The molecule has 0 amide bonds. The summed E-state index contributed by atoms with van der Waals surface area (Å²) in [6.07, 6.45) is 1.77. The van der Waals surface area contributed by atoms with Crippen LogP contribution in [0.2, 0.25) is 0 Å². The van der Waals surface area contributed by atoms with Gasteiger partial charge in [-0.1, -0.05) is 13.8 Å². The molecule has 0 aliphatic rings. The summed E-state index contributed by atoms with van der Waals surface area (Å²) in [6, 6.07) is 3.74. The molecule has 2 aromatic rings. The highest BCUT2D eigenvalue weighted by Crippen LogP contribution is 2.16. The number of nitrogens with one attached hydrogen (secondary N) is 2. The summed E-state index contributed by atoms with van der Waals surface area (Å²) >= 11 is 0. The Kier molecular flexibility index (Phi) is 3.96. The summed E-state index contributed by atoms with van der Waals surface area (Å²) in [5.74, 6) is 7.76. The standard InChI is InChI=1S/C12H19N7/c1-8(2)12-16-10(6-11(17-12)18-13)14-7-9-4-5-15-19(9)3/h4-6,8H,7,13H2,1-3H3,(H2,14,16,17,18). The number of aryl methyl sites for hydroxylation is 1. The molecule has 0 aromatic carbocycles. The Bertz CT molecular complexity index is 547. The number of nitrogen functional groups attached to an aromatic ring is 1. The number of rotatable bonds is 5. The minimum atomic E-state index is 0.241. The molecule has 2 heterocycles. The molecule has 7 heteroatoms. The zero-order chi connectivity index (χ0) is 13.8. The quantitative estimate of drug-likeness (QED) is 0.553. The van der Waals surface area contributed by atoms with Gasteiger partial charge in [0.2, 0.25) is 0 Å². The normalized spacial score (nSPS) is 10.8. The van der Waals surface area contributed by atoms with E-state index < -0.39 is 0 Å². The molecule has 2 aromatic heterocycles. The van der Waals surface area contributed by atoms with E-state index in [2.05, 4.69) is 25.8 Å². The van der Waals surface area contributed by atoms with Gasteiger partial charge in [-0.2, -0.15) is 5.10 Å². The molecular weight excluding hydrogens is 242 g/mol. The van der Waals surface area contributed by atoms with Crippen LogP contribution in [-0.4, -0.2) is 19.7 Å². The average molecular weight is 261 g/mol. The molecule has 0 bridgehead atoms. The van der Waals surface area contributed by atoms with Gasteiger partial charge in [0.05, 0.1) is 12.2 Å². The lowest BCUT2D eigenvalue weighted by molar-refractivity contribution is 0.718. The third-order valence-electron chi connectivity index (χ3n) is 2.78. The fraction of sp³-hybridized carbons (Fsp3) is 0.417. The largest absolute Gasteiger partial charge is 0.364 e. The first-order valence-electron chi connectivity index (χ1n) is 6.16. The van der Waals surface area contributed by atoms with E-state index in [-0.39, 0.29) is 5.92 Å². The molecule has 102 valence electrons. The average Bonchev–Trinajstić information content (AvgIpc) is 2.81. The highest BCUT2D eigenvalue weighted by Gasteiger charge is 2.08. The third-order valence-corrected chi connectivity index (χ3v) is 2.78. The first-order valence-corrected chi connectivity index (χ1v) is 6.16. The van der Waals surface area contributed by atoms with E-state index in [0.29, 0.717) is 12.4 Å². The van der Waals surface area contributed by atoms with E-state index in [1.807, 2.05) is 31.6 Å². The number of nitrogens with two attached hydrogens (primary N) is 1. The Labute approximate surface area is 112 Å². The molecule has 0 aliphatic carbocycles. The van der Waals surface area contributed by atoms with Crippen molar-refractivity contribution in [3.05, 3.63) is 29.8 Å². The van der Waals surface area contributed by atoms with Crippen molar-refractivity contribution < 1.29 is 0 Å². The number of anilines is 2. The van der Waals surface area contributed by atoms with Crippen LogP contribution in [0.1, 0.15) is 31.3 Å². The highest BCUT2D eigenvalue weighted by atomic mass is 15.3. The molecule has 7 nitrogen and oxygen atoms in total. The van der Waals surface area contributed by atoms with Gasteiger partial charge in [0.25, 0.3) is 0 Å². The fourth-order valence-electron chi connectivity index (χ4n) is 1.64. The topological polar surface area (TPSA) is 93.7 Å². The van der Waals surface area contributed by atoms with Gasteiger partial charge >= 0.3 is 0 Å². The van der Waals surface area contributed by atoms with Crippen LogP contribution in [0.3, 0.4) is 0 Å². The van der Waals surface area contributed by atoms with E-state index in [9.17, 15) is 0 Å². The van der Waals surface area contributed by atoms with Crippen molar-refractivity contribution in [2.24, 2.45) is 12.9 Å². The summed E-state index contributed by atoms with van der Waals surface area (Å²) in [7, 11) is 1.91. The minimum Gasteiger partial charge on any atom is -0.364 e. The first kappa shape index (κ1) is 13.3. The van der Waals surface area contributed by atoms with Crippen LogP contribution in [0, 0.1) is 0 Å². The molecule has 0 saturated carbocycles. The number of nitrogens with zero attached hydrogens (tertiary/aromatic N) is 4. The second-order valence-corrected chi connectivity index (χ2v) is 4.60. The Morgan fingerprint density at radius 3 is 2.63 bits per heavy atom. The smallest absolute Gasteiger partial charge is 0.145 e. The zero-order valence-electron chi connectivity index (χ0n) is 11.4. The van der Waals surface area contributed by atoms with Crippen LogP contribution in [0.15, 0.2) is 18.3 Å². The van der Waals surface area contributed by atoms with Gasteiger partial charge in [-0.25, -0.2) is 15.8 Å². The van der Waals surface area contributed by atoms with Gasteiger partial charge in [-0.3, -0.25) is 4.68 Å². The van der Waals surface area contributed by atoms with Gasteiger partial charge in [0.15, 0.2) is 0 Å². The van der Waals surface area contributed by atoms with E-state index in [4.69, 9.17) is 5.84 Å². The Morgan fingerprint density at radius 1 is 1.32 bits per heavy atom. The molecule has 19 heavy (non-hydrogen) atoms. The molecule has 0 aliphatic heterocycles. The SMILES string of the molecule is CC(C)c1nc(NN)cc(NCc2ccnn2C)n1. The number of hydrazine groups is 1. The second kappa shape index (κ2) is 5.66. The van der Waals surface area contributed by atoms with E-state index in [0.717, 1.165) is 17.3 Å². The summed E-state index contributed by atoms with van der Waals surface area (Å²) < 4.78 is 1.82. The predicted octanol–water partition coefficient (Wildman–Crippen LogP) is 1.23. The van der Waals surface area contributed by atoms with Crippen LogP contribution < -0.4 is 16.6 Å². The lowest BCUT2D eigenvalue weighted by atomic mass is 10.2. The van der Waals surface area contributed by atoms with Crippen molar-refractivity contribution in [1.29, 1.82) is 0 Å². The molecule has 0 fully saturated rings. The molecule has 2 rings (SSSR count). The van der Waals surface area contributed by atoms with Gasteiger partial charge in [0.1, 0.15) is 17.5 Å². The number of aromatic nitrogens is 4. The van der Waals surface area contributed by atoms with E-state index in [1.165, 1.54) is 0 Å². The number of hydrogen-bond acceptors (Lipinski definition) is 6. The summed E-state index contributed by atoms with van der Waals surface area (Å²) in [5, 5.41) is 7.37. The summed E-state index contributed by atoms with van der Waals surface area (Å²) in [5.41, 5.74) is 3.63. The lowest BCUT2D eigenvalue weighted by Gasteiger charge is -2.11. The van der Waals surface area contributed by atoms with Crippen LogP contribution >= 0.6 is 0 Å². The summed E-state index contributed by atoms with van der Waals surface area (Å²) in [4.78, 5) is 8.77. The van der Waals surface area contributed by atoms with Crippen molar-refractivity contribution in [2.75, 3.05) is 10.7 Å². The van der Waals surface area contributed by atoms with Crippen molar-refractivity contribution in [2.45, 2.75) is 26.3 Å². The van der Waals surface area contributed by atoms with Crippen LogP contribution in [0.5, 0.6) is 0 Å². The lowest BCUT2D eigenvalue weighted by Crippen LogP contribution is -2.13. The summed E-state index contributed by atoms with van der Waals surface area (Å²) in [6.45, 7) is 4.73. The molecular formula is C12H19N7. The maximum Gasteiger partial charge on any atom is 0.145 e. The van der Waals surface area contributed by atoms with Gasteiger partial charge in [-0.05, 0) is 6.07 Å². The van der Waals surface area contributed by atoms with Crippen molar-refractivity contribution in [3.8, 4) is 0 Å². The fourth-order valence-corrected chi connectivity index (χ4v) is 1.64. The zero-order valence-corrected chi connectivity index (χ0v) is 11.4. The second-order valence-electron chi connectivity index (χ2n) is 4.60. The third kappa shape index (κ3) is 3.19. The Balaban J connectivity index is 2.15. The van der Waals surface area contributed by atoms with Crippen LogP contribution in [0.4, 0.5) is 11.6 Å². The molecule has 0 unspecified atom stereocenters. The van der Waals surface area contributed by atoms with Gasteiger partial charge in [-0.15, -0.1) is 0 Å². The van der Waals surface area contributed by atoms with E-state index in [1.54, 1.807) is 12.3 Å². The molecule has 0 atom stereocenters. The molecule has 0 radical (unpaired) electrons. The highest BCUT2D eigenvalue weighted by molar-refractivity contribution is 5.47. The molecule has 4 N–H and O–H groups in total. The van der Waals surface area contributed by atoms with Gasteiger partial charge < -0.3 is 10.7 Å². The van der Waals surface area contributed by atoms with E-state index >= 15 is 0 Å². The first-order chi connectivity index (χ1) is 9.10. The van der Waals surface area contributed by atoms with Crippen LogP contribution in [-0.2, 0) is 13.6 Å². The van der Waals surface area contributed by atoms with Crippen molar-refractivity contribution in [3.63, 3.8) is 0 Å². The Hall–Kier alpha value is -2.15. The minimum absolute atomic E-state index is 0.241. The van der Waals surface area contributed by atoms with Crippen molar-refractivity contribution in [1.82, 2.24) is 19.7 Å². The predicted molar refractivity (Wildman–Crippen MR) is 74.5 cm³/mol. The number of hydrogen-bond donors (Lipinski definition) is 3. The molecule has 0 saturated heterocycles. The maximum atomic E-state index is 5.42. The maximum absolute atomic E-state index is 5.42. The van der Waals surface area contributed by atoms with Gasteiger partial charge in [0, 0.05) is 25.2 Å². The molecule has 0 spiro atoms. The van der Waals surface area contributed by atoms with Crippen molar-refractivity contribution >= 4 is 11.6 Å². The monoisotopic (exact) mass is 261 g/mol.